The summed E-state index contributed by atoms with van der Waals surface area (Å²) in [6.07, 6.45) is 22.7. The van der Waals surface area contributed by atoms with Crippen molar-refractivity contribution in [3.05, 3.63) is 82.9 Å². The lowest BCUT2D eigenvalue weighted by Crippen LogP contribution is -2.35. The summed E-state index contributed by atoms with van der Waals surface area (Å²) in [4.78, 5) is 0. The summed E-state index contributed by atoms with van der Waals surface area (Å²) in [5.74, 6) is 3.63. The van der Waals surface area contributed by atoms with Gasteiger partial charge in [0.25, 0.3) is 0 Å². The number of hydrogen-bond donors (Lipinski definition) is 0. The molecule has 0 aliphatic rings. The van der Waals surface area contributed by atoms with Crippen molar-refractivity contribution in [3.8, 4) is 34.1 Å². The van der Waals surface area contributed by atoms with Crippen LogP contribution in [0.3, 0.4) is 0 Å². The van der Waals surface area contributed by atoms with E-state index in [1.807, 2.05) is 0 Å². The van der Waals surface area contributed by atoms with Crippen LogP contribution in [-0.4, -0.2) is 25.4 Å². The lowest BCUT2D eigenvalue weighted by molar-refractivity contribution is 0.178. The first kappa shape index (κ1) is 52.7. The fraction of sp³-hybridized carbons (Fsp3) is 0.621. The monoisotopic (exact) mass is 851 g/mol. The molecule has 0 heterocycles. The van der Waals surface area contributed by atoms with Crippen LogP contribution < -0.4 is 18.9 Å². The summed E-state index contributed by atoms with van der Waals surface area (Å²) >= 11 is 0. The molecule has 0 spiro atoms. The van der Waals surface area contributed by atoms with Gasteiger partial charge in [0, 0.05) is 22.1 Å². The molecule has 3 unspecified atom stereocenters. The van der Waals surface area contributed by atoms with E-state index in [2.05, 4.69) is 184 Å². The molecule has 0 radical (unpaired) electrons. The topological polar surface area (TPSA) is 36.9 Å². The van der Waals surface area contributed by atoms with E-state index in [-0.39, 0.29) is 40.0 Å². The van der Waals surface area contributed by atoms with Gasteiger partial charge in [-0.3, -0.25) is 0 Å². The molecule has 3 atom stereocenters. The quantitative estimate of drug-likeness (QED) is 0.0851. The van der Waals surface area contributed by atoms with Crippen molar-refractivity contribution in [2.45, 2.75) is 217 Å². The van der Waals surface area contributed by atoms with E-state index >= 15 is 0 Å². The van der Waals surface area contributed by atoms with E-state index in [1.54, 1.807) is 7.11 Å². The second-order valence-corrected chi connectivity index (χ2v) is 21.1. The lowest BCUT2D eigenvalue weighted by atomic mass is 9.63. The highest BCUT2D eigenvalue weighted by atomic mass is 16.5. The van der Waals surface area contributed by atoms with Crippen molar-refractivity contribution in [3.63, 3.8) is 0 Å². The maximum absolute atomic E-state index is 6.97. The molecular formula is C58H90O4. The molecule has 62 heavy (non-hydrogen) atoms. The molecule has 0 amide bonds. The third kappa shape index (κ3) is 15.0. The van der Waals surface area contributed by atoms with Crippen LogP contribution in [-0.2, 0) is 10.8 Å². The number of benzene rings is 3. The first-order valence-corrected chi connectivity index (χ1v) is 24.6. The second-order valence-electron chi connectivity index (χ2n) is 21.1. The summed E-state index contributed by atoms with van der Waals surface area (Å²) < 4.78 is 26.9. The molecular weight excluding hydrogens is 761 g/mol. The molecule has 0 aliphatic heterocycles. The minimum atomic E-state index is -0.348. The molecule has 346 valence electrons. The minimum Gasteiger partial charge on any atom is -0.496 e. The number of hydrogen-bond acceptors (Lipinski definition) is 4. The predicted octanol–water partition coefficient (Wildman–Crippen LogP) is 17.8. The Hall–Kier alpha value is -3.66. The third-order valence-corrected chi connectivity index (χ3v) is 13.1. The SMILES string of the molecule is CCCCC(CC)Oc1ccc(OC(CC)CCCC)c(-c2cc(C(C)(C)C)ccc2C=CC(C)(C)C(C)(C)c2cc(OC(CC)CCCC)c(C=CC(C)(C)C)cc2OC)c1. The Kier molecular flexibility index (Phi) is 20.3. The van der Waals surface area contributed by atoms with E-state index < -0.39 is 0 Å². The van der Waals surface area contributed by atoms with Crippen LogP contribution in [0.5, 0.6) is 23.0 Å². The van der Waals surface area contributed by atoms with Crippen LogP contribution in [0.4, 0.5) is 0 Å². The van der Waals surface area contributed by atoms with E-state index in [4.69, 9.17) is 18.9 Å². The molecule has 3 aromatic rings. The van der Waals surface area contributed by atoms with Crippen molar-refractivity contribution >= 4 is 12.2 Å². The van der Waals surface area contributed by atoms with Gasteiger partial charge in [-0.05, 0) is 108 Å². The normalized spacial score (nSPS) is 14.3. The molecule has 0 fully saturated rings. The Balaban J connectivity index is 2.28. The highest BCUT2D eigenvalue weighted by molar-refractivity contribution is 5.81. The van der Waals surface area contributed by atoms with Crippen molar-refractivity contribution < 1.29 is 18.9 Å². The first-order chi connectivity index (χ1) is 29.2. The van der Waals surface area contributed by atoms with Gasteiger partial charge in [0.15, 0.2) is 0 Å². The maximum atomic E-state index is 6.97. The highest BCUT2D eigenvalue weighted by Crippen LogP contribution is 2.49. The average molecular weight is 851 g/mol. The van der Waals surface area contributed by atoms with Gasteiger partial charge < -0.3 is 18.9 Å². The second kappa shape index (κ2) is 23.9. The number of ether oxygens (including phenoxy) is 4. The zero-order valence-electron chi connectivity index (χ0n) is 42.8. The fourth-order valence-corrected chi connectivity index (χ4v) is 7.84. The van der Waals surface area contributed by atoms with Crippen LogP contribution in [0.2, 0.25) is 0 Å². The molecule has 0 bridgehead atoms. The predicted molar refractivity (Wildman–Crippen MR) is 271 cm³/mol. The van der Waals surface area contributed by atoms with E-state index in [1.165, 1.54) is 5.56 Å². The van der Waals surface area contributed by atoms with Crippen molar-refractivity contribution in [2.24, 2.45) is 10.8 Å². The zero-order valence-corrected chi connectivity index (χ0v) is 42.8. The van der Waals surface area contributed by atoms with Crippen LogP contribution in [0.15, 0.2) is 60.7 Å². The van der Waals surface area contributed by atoms with Crippen LogP contribution in [0.1, 0.15) is 210 Å². The molecule has 4 heteroatoms. The van der Waals surface area contributed by atoms with Crippen LogP contribution in [0.25, 0.3) is 23.3 Å². The summed E-state index contributed by atoms with van der Waals surface area (Å²) in [5, 5.41) is 0. The van der Waals surface area contributed by atoms with Gasteiger partial charge in [-0.2, -0.15) is 0 Å². The summed E-state index contributed by atoms with van der Waals surface area (Å²) in [6.45, 7) is 36.4. The Bertz CT molecular complexity index is 1860. The molecule has 0 saturated heterocycles. The van der Waals surface area contributed by atoms with Gasteiger partial charge >= 0.3 is 0 Å². The van der Waals surface area contributed by atoms with Crippen molar-refractivity contribution in [1.29, 1.82) is 0 Å². The van der Waals surface area contributed by atoms with Crippen molar-refractivity contribution in [2.75, 3.05) is 7.11 Å². The van der Waals surface area contributed by atoms with Gasteiger partial charge in [0.2, 0.25) is 0 Å². The molecule has 0 aromatic heterocycles. The molecule has 3 aromatic carbocycles. The molecule has 0 saturated carbocycles. The molecule has 0 aliphatic carbocycles. The Morgan fingerprint density at radius 3 is 1.55 bits per heavy atom. The highest BCUT2D eigenvalue weighted by Gasteiger charge is 2.39. The molecule has 0 N–H and O–H groups in total. The smallest absolute Gasteiger partial charge is 0.127 e. The largest absolute Gasteiger partial charge is 0.496 e. The number of rotatable bonds is 25. The number of methoxy groups -OCH3 is 1. The summed E-state index contributed by atoms with van der Waals surface area (Å²) in [6, 6.07) is 18.0. The van der Waals surface area contributed by atoms with Gasteiger partial charge in [-0.15, -0.1) is 0 Å². The van der Waals surface area contributed by atoms with Crippen molar-refractivity contribution in [1.82, 2.24) is 0 Å². The van der Waals surface area contributed by atoms with Gasteiger partial charge in [0.1, 0.15) is 23.0 Å². The van der Waals surface area contributed by atoms with Crippen LogP contribution >= 0.6 is 0 Å². The zero-order chi connectivity index (χ0) is 46.3. The van der Waals surface area contributed by atoms with Gasteiger partial charge in [0.05, 0.1) is 25.4 Å². The lowest BCUT2D eigenvalue weighted by Gasteiger charge is -2.41. The summed E-state index contributed by atoms with van der Waals surface area (Å²) in [7, 11) is 1.80. The van der Waals surface area contributed by atoms with Gasteiger partial charge in [-0.1, -0.05) is 186 Å². The van der Waals surface area contributed by atoms with E-state index in [9.17, 15) is 0 Å². The van der Waals surface area contributed by atoms with E-state index in [0.29, 0.717) is 0 Å². The maximum Gasteiger partial charge on any atom is 0.127 e. The first-order valence-electron chi connectivity index (χ1n) is 24.6. The Morgan fingerprint density at radius 1 is 0.516 bits per heavy atom. The minimum absolute atomic E-state index is 0.0338. The summed E-state index contributed by atoms with van der Waals surface area (Å²) in [5.41, 5.74) is 6.23. The number of allylic oxidation sites excluding steroid dienone is 2. The molecule has 3 rings (SSSR count). The molecule has 4 nitrogen and oxygen atoms in total. The Morgan fingerprint density at radius 2 is 1.05 bits per heavy atom. The standard InChI is InChI=1S/C58H90O4/c1-18-24-27-45(21-4)60-48-32-33-52(61-46(22-5)28-25-19-2)50(40-48)49-39-44(56(10,11)12)31-30-42(49)35-37-57(13,14)58(15,16)51-41-53(62-47(23-6)29-26-20-3)43(38-54(51)59-17)34-36-55(7,8)9/h30-41,45-47H,18-29H2,1-17H3. The third-order valence-electron chi connectivity index (χ3n) is 13.1. The van der Waals surface area contributed by atoms with Gasteiger partial charge in [-0.25, -0.2) is 0 Å². The fourth-order valence-electron chi connectivity index (χ4n) is 7.84. The Labute approximate surface area is 381 Å². The van der Waals surface area contributed by atoms with E-state index in [0.717, 1.165) is 128 Å². The average Bonchev–Trinajstić information content (AvgIpc) is 3.23. The van der Waals surface area contributed by atoms with Crippen LogP contribution in [0, 0.1) is 10.8 Å². The number of unbranched alkanes of at least 4 members (excludes halogenated alkanes) is 3.